The second kappa shape index (κ2) is 5.87. The van der Waals surface area contributed by atoms with Gasteiger partial charge in [-0.15, -0.1) is 0 Å². The molecular formula is C13H15BrClNO. The lowest BCUT2D eigenvalue weighted by Gasteiger charge is -2.23. The van der Waals surface area contributed by atoms with Crippen molar-refractivity contribution >= 4 is 33.4 Å². The molecule has 0 atom stereocenters. The molecule has 1 aliphatic rings. The van der Waals surface area contributed by atoms with Gasteiger partial charge in [0.2, 0.25) is 0 Å². The van der Waals surface area contributed by atoms with E-state index in [4.69, 9.17) is 11.6 Å². The molecule has 1 fully saturated rings. The first-order valence-corrected chi connectivity index (χ1v) is 7.10. The summed E-state index contributed by atoms with van der Waals surface area (Å²) in [6.45, 7) is 0. The van der Waals surface area contributed by atoms with Crippen molar-refractivity contribution in [1.82, 2.24) is 5.32 Å². The number of nitrogens with one attached hydrogen (secondary N) is 1. The van der Waals surface area contributed by atoms with Gasteiger partial charge in [0.25, 0.3) is 5.91 Å². The van der Waals surface area contributed by atoms with Gasteiger partial charge in [0.05, 0.1) is 10.6 Å². The molecule has 2 rings (SSSR count). The van der Waals surface area contributed by atoms with Gasteiger partial charge in [0, 0.05) is 10.5 Å². The molecular weight excluding hydrogens is 302 g/mol. The van der Waals surface area contributed by atoms with Gasteiger partial charge in [-0.05, 0) is 40.9 Å². The molecule has 0 aliphatic heterocycles. The smallest absolute Gasteiger partial charge is 0.253 e. The van der Waals surface area contributed by atoms with Crippen LogP contribution >= 0.6 is 27.5 Å². The summed E-state index contributed by atoms with van der Waals surface area (Å²) in [7, 11) is 0. The first-order valence-electron chi connectivity index (χ1n) is 5.93. The third-order valence-electron chi connectivity index (χ3n) is 3.14. The van der Waals surface area contributed by atoms with E-state index in [0.717, 1.165) is 17.3 Å². The highest BCUT2D eigenvalue weighted by Crippen LogP contribution is 2.26. The molecule has 1 saturated carbocycles. The van der Waals surface area contributed by atoms with Gasteiger partial charge in [-0.3, -0.25) is 4.79 Å². The van der Waals surface area contributed by atoms with E-state index in [-0.39, 0.29) is 5.91 Å². The Morgan fingerprint density at radius 1 is 1.29 bits per heavy atom. The number of hydrogen-bond donors (Lipinski definition) is 1. The summed E-state index contributed by atoms with van der Waals surface area (Å²) >= 11 is 9.43. The Balaban J connectivity index is 2.06. The number of carbonyl (C=O) groups excluding carboxylic acids is 1. The lowest BCUT2D eigenvalue weighted by atomic mass is 9.95. The van der Waals surface area contributed by atoms with Crippen LogP contribution in [0, 0.1) is 0 Å². The van der Waals surface area contributed by atoms with Crippen molar-refractivity contribution in [2.24, 2.45) is 0 Å². The summed E-state index contributed by atoms with van der Waals surface area (Å²) < 4.78 is 0.760. The molecule has 0 heterocycles. The van der Waals surface area contributed by atoms with E-state index in [9.17, 15) is 4.79 Å². The topological polar surface area (TPSA) is 29.1 Å². The molecule has 17 heavy (non-hydrogen) atoms. The minimum atomic E-state index is -0.0665. The van der Waals surface area contributed by atoms with Crippen molar-refractivity contribution in [3.8, 4) is 0 Å². The monoisotopic (exact) mass is 315 g/mol. The fraction of sp³-hybridized carbons (Fsp3) is 0.462. The molecule has 1 aliphatic carbocycles. The van der Waals surface area contributed by atoms with Crippen LogP contribution in [-0.2, 0) is 0 Å². The van der Waals surface area contributed by atoms with Crippen LogP contribution in [0.2, 0.25) is 5.02 Å². The minimum Gasteiger partial charge on any atom is -0.349 e. The Morgan fingerprint density at radius 2 is 2.00 bits per heavy atom. The fourth-order valence-corrected chi connectivity index (χ4v) is 2.77. The zero-order valence-electron chi connectivity index (χ0n) is 9.51. The average Bonchev–Trinajstić information content (AvgIpc) is 2.34. The quantitative estimate of drug-likeness (QED) is 0.872. The molecule has 4 heteroatoms. The second-order valence-electron chi connectivity index (χ2n) is 4.41. The van der Waals surface area contributed by atoms with Gasteiger partial charge in [-0.2, -0.15) is 0 Å². The van der Waals surface area contributed by atoms with Crippen LogP contribution in [-0.4, -0.2) is 11.9 Å². The third-order valence-corrected chi connectivity index (χ3v) is 4.43. The number of hydrogen-bond acceptors (Lipinski definition) is 1. The lowest BCUT2D eigenvalue weighted by Crippen LogP contribution is -2.36. The maximum atomic E-state index is 12.1. The highest BCUT2D eigenvalue weighted by Gasteiger charge is 2.18. The Bertz CT molecular complexity index is 416. The Hall–Kier alpha value is -0.540. The van der Waals surface area contributed by atoms with Gasteiger partial charge in [-0.25, -0.2) is 0 Å². The van der Waals surface area contributed by atoms with Crippen LogP contribution in [0.3, 0.4) is 0 Å². The van der Waals surface area contributed by atoms with Gasteiger partial charge in [0.1, 0.15) is 0 Å². The predicted octanol–water partition coefficient (Wildman–Crippen LogP) is 4.17. The number of benzene rings is 1. The summed E-state index contributed by atoms with van der Waals surface area (Å²) in [6.07, 6.45) is 5.85. The third kappa shape index (κ3) is 3.23. The molecule has 1 aromatic carbocycles. The standard InChI is InChI=1S/C13H15BrClNO/c14-11-8-4-7-10(12(11)15)13(17)16-9-5-2-1-3-6-9/h4,7-9H,1-3,5-6H2,(H,16,17). The number of amides is 1. The van der Waals surface area contributed by atoms with Gasteiger partial charge >= 0.3 is 0 Å². The molecule has 1 aromatic rings. The van der Waals surface area contributed by atoms with Crippen molar-refractivity contribution in [3.05, 3.63) is 33.3 Å². The number of rotatable bonds is 2. The van der Waals surface area contributed by atoms with Crippen molar-refractivity contribution in [3.63, 3.8) is 0 Å². The van der Waals surface area contributed by atoms with Crippen molar-refractivity contribution in [2.45, 2.75) is 38.1 Å². The predicted molar refractivity (Wildman–Crippen MR) is 73.5 cm³/mol. The first-order chi connectivity index (χ1) is 8.18. The molecule has 0 saturated heterocycles. The van der Waals surface area contributed by atoms with Crippen LogP contribution in [0.25, 0.3) is 0 Å². The molecule has 92 valence electrons. The van der Waals surface area contributed by atoms with Crippen molar-refractivity contribution in [1.29, 1.82) is 0 Å². The maximum absolute atomic E-state index is 12.1. The molecule has 0 unspecified atom stereocenters. The number of carbonyl (C=O) groups is 1. The van der Waals surface area contributed by atoms with E-state index >= 15 is 0 Å². The van der Waals surface area contributed by atoms with E-state index in [0.29, 0.717) is 16.6 Å². The molecule has 1 N–H and O–H groups in total. The largest absolute Gasteiger partial charge is 0.349 e. The average molecular weight is 317 g/mol. The summed E-state index contributed by atoms with van der Waals surface area (Å²) in [5, 5.41) is 3.55. The Morgan fingerprint density at radius 3 is 2.71 bits per heavy atom. The fourth-order valence-electron chi connectivity index (χ4n) is 2.19. The van der Waals surface area contributed by atoms with Gasteiger partial charge < -0.3 is 5.32 Å². The van der Waals surface area contributed by atoms with Crippen LogP contribution in [0.4, 0.5) is 0 Å². The molecule has 0 spiro atoms. The zero-order valence-corrected chi connectivity index (χ0v) is 11.9. The summed E-state index contributed by atoms with van der Waals surface area (Å²) in [6, 6.07) is 5.72. The highest BCUT2D eigenvalue weighted by atomic mass is 79.9. The van der Waals surface area contributed by atoms with E-state index in [2.05, 4.69) is 21.2 Å². The van der Waals surface area contributed by atoms with E-state index in [1.807, 2.05) is 12.1 Å². The Kier molecular flexibility index (Phi) is 4.46. The summed E-state index contributed by atoms with van der Waals surface area (Å²) in [5.74, 6) is -0.0665. The SMILES string of the molecule is O=C(NC1CCCCC1)c1cccc(Br)c1Cl. The maximum Gasteiger partial charge on any atom is 0.253 e. The first kappa shape index (κ1) is 12.9. The highest BCUT2D eigenvalue weighted by molar-refractivity contribution is 9.10. The summed E-state index contributed by atoms with van der Waals surface area (Å²) in [5.41, 5.74) is 0.548. The van der Waals surface area contributed by atoms with E-state index < -0.39 is 0 Å². The van der Waals surface area contributed by atoms with Gasteiger partial charge in [-0.1, -0.05) is 36.9 Å². The molecule has 0 bridgehead atoms. The van der Waals surface area contributed by atoms with Crippen LogP contribution in [0.1, 0.15) is 42.5 Å². The van der Waals surface area contributed by atoms with Crippen LogP contribution in [0.5, 0.6) is 0 Å². The second-order valence-corrected chi connectivity index (χ2v) is 5.64. The van der Waals surface area contributed by atoms with Crippen molar-refractivity contribution < 1.29 is 4.79 Å². The normalized spacial score (nSPS) is 16.8. The molecule has 0 aromatic heterocycles. The molecule has 0 radical (unpaired) electrons. The number of halogens is 2. The van der Waals surface area contributed by atoms with E-state index in [1.165, 1.54) is 19.3 Å². The van der Waals surface area contributed by atoms with Crippen LogP contribution < -0.4 is 5.32 Å². The molecule has 1 amide bonds. The van der Waals surface area contributed by atoms with E-state index in [1.54, 1.807) is 6.07 Å². The van der Waals surface area contributed by atoms with Crippen molar-refractivity contribution in [2.75, 3.05) is 0 Å². The van der Waals surface area contributed by atoms with Crippen LogP contribution in [0.15, 0.2) is 22.7 Å². The minimum absolute atomic E-state index is 0.0665. The van der Waals surface area contributed by atoms with Gasteiger partial charge in [0.15, 0.2) is 0 Å². The molecule has 2 nitrogen and oxygen atoms in total. The lowest BCUT2D eigenvalue weighted by molar-refractivity contribution is 0.0928. The summed E-state index contributed by atoms with van der Waals surface area (Å²) in [4.78, 5) is 12.1. The Labute approximate surface area is 115 Å². The zero-order chi connectivity index (χ0) is 12.3.